The van der Waals surface area contributed by atoms with Crippen molar-refractivity contribution in [1.82, 2.24) is 0 Å². The molecule has 38 heavy (non-hydrogen) atoms. The number of rotatable bonds is 2. The fraction of sp³-hybridized carbons (Fsp3) is 0.700. The van der Waals surface area contributed by atoms with Gasteiger partial charge in [0.1, 0.15) is 23.4 Å². The van der Waals surface area contributed by atoms with Crippen molar-refractivity contribution in [2.45, 2.75) is 113 Å². The highest BCUT2D eigenvalue weighted by Gasteiger charge is 2.78. The topological polar surface area (TPSA) is 108 Å². The van der Waals surface area contributed by atoms with E-state index >= 15 is 0 Å². The monoisotopic (exact) mass is 522 g/mol. The summed E-state index contributed by atoms with van der Waals surface area (Å²) in [5, 5.41) is 12.3. The minimum absolute atomic E-state index is 0.0309. The van der Waals surface area contributed by atoms with Crippen LogP contribution in [-0.4, -0.2) is 63.0 Å². The van der Waals surface area contributed by atoms with Gasteiger partial charge in [-0.2, -0.15) is 0 Å². The molecule has 2 spiro atoms. The van der Waals surface area contributed by atoms with E-state index in [0.717, 1.165) is 23.1 Å². The van der Waals surface area contributed by atoms with Crippen molar-refractivity contribution in [3.63, 3.8) is 0 Å². The van der Waals surface area contributed by atoms with E-state index in [1.165, 1.54) is 5.57 Å². The van der Waals surface area contributed by atoms with Gasteiger partial charge in [0.15, 0.2) is 11.4 Å². The van der Waals surface area contributed by atoms with E-state index in [2.05, 4.69) is 20.4 Å². The first-order valence-corrected chi connectivity index (χ1v) is 13.9. The van der Waals surface area contributed by atoms with E-state index in [0.29, 0.717) is 37.7 Å². The third kappa shape index (κ3) is 2.36. The molecule has 8 rings (SSSR count). The van der Waals surface area contributed by atoms with Crippen molar-refractivity contribution >= 4 is 17.7 Å². The number of fused-ring (bicyclic) bond motifs is 6. The molecule has 10 atom stereocenters. The smallest absolute Gasteiger partial charge is 0.341 e. The van der Waals surface area contributed by atoms with E-state index in [9.17, 15) is 19.5 Å². The Bertz CT molecular complexity index is 1360. The summed E-state index contributed by atoms with van der Waals surface area (Å²) in [6.07, 6.45) is 2.46. The molecule has 0 unspecified atom stereocenters. The zero-order valence-corrected chi connectivity index (χ0v) is 22.3. The number of ether oxygens (including phenoxy) is 4. The van der Waals surface area contributed by atoms with Crippen LogP contribution in [0.3, 0.4) is 0 Å². The molecule has 0 aromatic carbocycles. The number of hydrogen-bond donors (Lipinski definition) is 1. The van der Waals surface area contributed by atoms with E-state index in [1.54, 1.807) is 0 Å². The molecule has 0 aromatic heterocycles. The second-order valence-electron chi connectivity index (χ2n) is 13.7. The minimum Gasteiger partial charge on any atom is -0.457 e. The van der Waals surface area contributed by atoms with Gasteiger partial charge in [0.2, 0.25) is 0 Å². The Labute approximate surface area is 221 Å². The average molecular weight is 523 g/mol. The summed E-state index contributed by atoms with van der Waals surface area (Å²) in [6.45, 7) is 12.0. The number of carbonyl (C=O) groups excluding carboxylic acids is 3. The quantitative estimate of drug-likeness (QED) is 0.335. The molecule has 0 amide bonds. The first-order chi connectivity index (χ1) is 17.8. The maximum atomic E-state index is 13.4. The second-order valence-corrected chi connectivity index (χ2v) is 13.7. The van der Waals surface area contributed by atoms with Crippen LogP contribution in [0.5, 0.6) is 0 Å². The van der Waals surface area contributed by atoms with Gasteiger partial charge in [-0.1, -0.05) is 23.3 Å². The van der Waals surface area contributed by atoms with Crippen molar-refractivity contribution in [2.24, 2.45) is 17.8 Å². The molecule has 8 nitrogen and oxygen atoms in total. The van der Waals surface area contributed by atoms with E-state index in [1.807, 2.05) is 13.8 Å². The van der Waals surface area contributed by atoms with Gasteiger partial charge >= 0.3 is 11.9 Å². The molecule has 6 saturated heterocycles. The Morgan fingerprint density at radius 3 is 2.42 bits per heavy atom. The first-order valence-electron chi connectivity index (χ1n) is 13.9. The number of ketones is 1. The lowest BCUT2D eigenvalue weighted by Crippen LogP contribution is -2.61. The maximum absolute atomic E-state index is 13.4. The van der Waals surface area contributed by atoms with Crippen LogP contribution in [0.2, 0.25) is 0 Å². The summed E-state index contributed by atoms with van der Waals surface area (Å²) < 4.78 is 24.9. The second kappa shape index (κ2) is 6.53. The van der Waals surface area contributed by atoms with E-state index in [-0.39, 0.29) is 42.0 Å². The van der Waals surface area contributed by atoms with Gasteiger partial charge in [-0.05, 0) is 52.0 Å². The van der Waals surface area contributed by atoms with E-state index in [4.69, 9.17) is 18.9 Å². The molecule has 8 aliphatic rings. The summed E-state index contributed by atoms with van der Waals surface area (Å²) in [6, 6.07) is 0. The van der Waals surface area contributed by atoms with Crippen LogP contribution < -0.4 is 0 Å². The zero-order chi connectivity index (χ0) is 26.8. The molecule has 0 radical (unpaired) electrons. The van der Waals surface area contributed by atoms with Crippen LogP contribution in [-0.2, 0) is 33.3 Å². The molecule has 4 bridgehead atoms. The minimum atomic E-state index is -1.82. The summed E-state index contributed by atoms with van der Waals surface area (Å²) in [5.41, 5.74) is -0.478. The summed E-state index contributed by atoms with van der Waals surface area (Å²) in [5.74, 6) is -0.881. The maximum Gasteiger partial charge on any atom is 0.341 e. The molecule has 1 N–H and O–H groups in total. The average Bonchev–Trinajstić information content (AvgIpc) is 3.57. The van der Waals surface area contributed by atoms with Gasteiger partial charge in [0.25, 0.3) is 0 Å². The zero-order valence-electron chi connectivity index (χ0n) is 22.3. The lowest BCUT2D eigenvalue weighted by Gasteiger charge is -2.47. The third-order valence-corrected chi connectivity index (χ3v) is 12.0. The standard InChI is InChI=1S/C30H34O8/c1-13-16(6-19-17(13)9-28-15(3)24(32)35-22(28)11-26(19,4)37-28)8-29(34)25(33)36-23-12-27(5)20-7-21(31)14(2)18(20)10-30(23,29)38-27/h16,19-20,22-23,34H,3,6-12H2,1-2,4-5H3/t16-,19+,20+,22-,23-,26+,27+,28-,29-,30+/m0/s1. The summed E-state index contributed by atoms with van der Waals surface area (Å²) in [7, 11) is 0. The van der Waals surface area contributed by atoms with Gasteiger partial charge in [0, 0.05) is 43.9 Å². The van der Waals surface area contributed by atoms with Gasteiger partial charge in [0.05, 0.1) is 16.8 Å². The number of hydrogen-bond acceptors (Lipinski definition) is 8. The molecule has 202 valence electrons. The molecule has 6 heterocycles. The van der Waals surface area contributed by atoms with Gasteiger partial charge in [-0.3, -0.25) is 4.79 Å². The van der Waals surface area contributed by atoms with Crippen LogP contribution in [0.4, 0.5) is 0 Å². The van der Waals surface area contributed by atoms with Crippen molar-refractivity contribution in [1.29, 1.82) is 0 Å². The lowest BCUT2D eigenvalue weighted by atomic mass is 9.70. The van der Waals surface area contributed by atoms with Crippen LogP contribution >= 0.6 is 0 Å². The molecule has 2 aliphatic carbocycles. The summed E-state index contributed by atoms with van der Waals surface area (Å²) >= 11 is 0. The Morgan fingerprint density at radius 1 is 0.947 bits per heavy atom. The van der Waals surface area contributed by atoms with Crippen molar-refractivity contribution in [3.8, 4) is 0 Å². The predicted octanol–water partition coefficient (Wildman–Crippen LogP) is 3.02. The van der Waals surface area contributed by atoms with Crippen LogP contribution in [0, 0.1) is 17.8 Å². The number of esters is 2. The van der Waals surface area contributed by atoms with Crippen molar-refractivity contribution in [2.75, 3.05) is 0 Å². The lowest BCUT2D eigenvalue weighted by molar-refractivity contribution is -0.216. The largest absolute Gasteiger partial charge is 0.457 e. The summed E-state index contributed by atoms with van der Waals surface area (Å²) in [4.78, 5) is 38.4. The van der Waals surface area contributed by atoms with Crippen molar-refractivity contribution in [3.05, 3.63) is 34.4 Å². The van der Waals surface area contributed by atoms with Gasteiger partial charge in [-0.25, -0.2) is 9.59 Å². The molecule has 6 fully saturated rings. The number of Topliss-reactive ketones (excluding diaryl/α,β-unsaturated/α-hetero) is 1. The van der Waals surface area contributed by atoms with Gasteiger partial charge < -0.3 is 24.1 Å². The normalized spacial score (nSPS) is 53.9. The Kier molecular flexibility index (Phi) is 4.05. The van der Waals surface area contributed by atoms with Crippen LogP contribution in [0.1, 0.15) is 72.6 Å². The Hall–Kier alpha value is -2.29. The van der Waals surface area contributed by atoms with Crippen LogP contribution in [0.15, 0.2) is 34.4 Å². The first kappa shape index (κ1) is 23.6. The van der Waals surface area contributed by atoms with Crippen molar-refractivity contribution < 1.29 is 38.4 Å². The van der Waals surface area contributed by atoms with Crippen LogP contribution in [0.25, 0.3) is 0 Å². The molecule has 6 aliphatic heterocycles. The van der Waals surface area contributed by atoms with Gasteiger partial charge in [-0.15, -0.1) is 0 Å². The molecule has 0 aromatic rings. The SMILES string of the molecule is C=C1C(=O)O[C@H]2C[C@@]3(C)O[C@@]12CC1=C(C)[C@H](C[C@]2(O)C(=O)O[C@H]4C[C@@]5(C)O[C@]42CC2=C(C)C(=O)C[C@H]25)C[C@H]13. The van der Waals surface area contributed by atoms with E-state index < -0.39 is 40.1 Å². The fourth-order valence-corrected chi connectivity index (χ4v) is 9.92. The highest BCUT2D eigenvalue weighted by atomic mass is 16.6. The Morgan fingerprint density at radius 2 is 1.66 bits per heavy atom. The number of aliphatic hydroxyl groups is 1. The number of carbonyl (C=O) groups is 3. The molecular weight excluding hydrogens is 488 g/mol. The highest BCUT2D eigenvalue weighted by molar-refractivity contribution is 5.99. The predicted molar refractivity (Wildman–Crippen MR) is 131 cm³/mol. The highest BCUT2D eigenvalue weighted by Crippen LogP contribution is 2.67. The number of allylic oxidation sites excluding steroid dienone is 2. The molecular formula is C30H34O8. The Balaban J connectivity index is 1.16. The fourth-order valence-electron chi connectivity index (χ4n) is 9.92. The third-order valence-electron chi connectivity index (χ3n) is 12.0. The molecule has 0 saturated carbocycles. The molecule has 8 heteroatoms.